The first-order valence-electron chi connectivity index (χ1n) is 8.08. The van der Waals surface area contributed by atoms with Gasteiger partial charge in [0, 0.05) is 19.1 Å². The lowest BCUT2D eigenvalue weighted by Crippen LogP contribution is -2.46. The molecule has 2 atom stereocenters. The van der Waals surface area contributed by atoms with Gasteiger partial charge in [0.15, 0.2) is 0 Å². The molecule has 2 rings (SSSR count). The zero-order valence-electron chi connectivity index (χ0n) is 13.4. The summed E-state index contributed by atoms with van der Waals surface area (Å²) in [5, 5.41) is 3.57. The van der Waals surface area contributed by atoms with Gasteiger partial charge >= 0.3 is 0 Å². The van der Waals surface area contributed by atoms with Crippen molar-refractivity contribution in [2.75, 3.05) is 46.8 Å². The third-order valence-electron chi connectivity index (χ3n) is 5.27. The van der Waals surface area contributed by atoms with Crippen LogP contribution in [0.25, 0.3) is 0 Å². The second-order valence-electron chi connectivity index (χ2n) is 7.51. The predicted molar refractivity (Wildman–Crippen MR) is 82.5 cm³/mol. The number of piperidine rings is 1. The molecule has 3 heteroatoms. The summed E-state index contributed by atoms with van der Waals surface area (Å²) >= 11 is 0. The van der Waals surface area contributed by atoms with E-state index in [4.69, 9.17) is 0 Å². The molecule has 2 fully saturated rings. The van der Waals surface area contributed by atoms with E-state index in [1.807, 2.05) is 0 Å². The monoisotopic (exact) mass is 267 g/mol. The lowest BCUT2D eigenvalue weighted by molar-refractivity contribution is 0.101. The number of likely N-dealkylation sites (N-methyl/N-ethyl adjacent to an activating group) is 2. The molecule has 2 unspecified atom stereocenters. The van der Waals surface area contributed by atoms with Crippen LogP contribution in [0.1, 0.15) is 39.5 Å². The van der Waals surface area contributed by atoms with Gasteiger partial charge in [0.05, 0.1) is 0 Å². The molecule has 2 aliphatic heterocycles. The molecule has 19 heavy (non-hydrogen) atoms. The fourth-order valence-electron chi connectivity index (χ4n) is 3.98. The summed E-state index contributed by atoms with van der Waals surface area (Å²) < 4.78 is 0. The zero-order chi connectivity index (χ0) is 13.9. The highest BCUT2D eigenvalue weighted by atomic mass is 15.2. The van der Waals surface area contributed by atoms with Crippen molar-refractivity contribution in [1.82, 2.24) is 15.1 Å². The maximum Gasteiger partial charge on any atom is 0.0220 e. The summed E-state index contributed by atoms with van der Waals surface area (Å²) in [7, 11) is 4.59. The minimum absolute atomic E-state index is 0.430. The molecule has 0 amide bonds. The summed E-state index contributed by atoms with van der Waals surface area (Å²) in [6, 6.07) is 0.783. The standard InChI is InChI=1S/C16H33N3/c1-16(2,14-7-5-9-17-11-14)13-18(3)12-15-8-6-10-19(15)4/h14-15,17H,5-13H2,1-4H3. The maximum absolute atomic E-state index is 3.57. The van der Waals surface area contributed by atoms with Crippen LogP contribution >= 0.6 is 0 Å². The van der Waals surface area contributed by atoms with Crippen LogP contribution in [0.3, 0.4) is 0 Å². The van der Waals surface area contributed by atoms with Crippen LogP contribution in [0, 0.1) is 11.3 Å². The van der Waals surface area contributed by atoms with Gasteiger partial charge in [0.1, 0.15) is 0 Å². The summed E-state index contributed by atoms with van der Waals surface area (Å²) in [6.45, 7) is 11.1. The Labute approximate surface area is 119 Å². The van der Waals surface area contributed by atoms with Gasteiger partial charge < -0.3 is 15.1 Å². The van der Waals surface area contributed by atoms with E-state index >= 15 is 0 Å². The number of hydrogen-bond acceptors (Lipinski definition) is 3. The van der Waals surface area contributed by atoms with Crippen molar-refractivity contribution < 1.29 is 0 Å². The van der Waals surface area contributed by atoms with Crippen LogP contribution in [0.2, 0.25) is 0 Å². The van der Waals surface area contributed by atoms with E-state index in [-0.39, 0.29) is 0 Å². The van der Waals surface area contributed by atoms with Gasteiger partial charge in [-0.3, -0.25) is 0 Å². The van der Waals surface area contributed by atoms with Crippen molar-refractivity contribution in [3.05, 3.63) is 0 Å². The van der Waals surface area contributed by atoms with E-state index in [1.54, 1.807) is 0 Å². The molecule has 112 valence electrons. The summed E-state index contributed by atoms with van der Waals surface area (Å²) in [6.07, 6.45) is 5.51. The molecule has 2 aliphatic rings. The van der Waals surface area contributed by atoms with Gasteiger partial charge in [0.25, 0.3) is 0 Å². The molecular formula is C16H33N3. The Balaban J connectivity index is 1.80. The molecule has 0 aromatic rings. The number of nitrogens with one attached hydrogen (secondary N) is 1. The Morgan fingerprint density at radius 1 is 1.26 bits per heavy atom. The van der Waals surface area contributed by atoms with Crippen LogP contribution in [-0.2, 0) is 0 Å². The van der Waals surface area contributed by atoms with E-state index in [9.17, 15) is 0 Å². The molecule has 0 aliphatic carbocycles. The second kappa shape index (κ2) is 6.55. The Morgan fingerprint density at radius 2 is 2.05 bits per heavy atom. The van der Waals surface area contributed by atoms with Crippen LogP contribution < -0.4 is 5.32 Å². The van der Waals surface area contributed by atoms with Gasteiger partial charge in [-0.25, -0.2) is 0 Å². The summed E-state index contributed by atoms with van der Waals surface area (Å²) in [5.74, 6) is 0.838. The maximum atomic E-state index is 3.57. The highest BCUT2D eigenvalue weighted by molar-refractivity contribution is 4.86. The second-order valence-corrected chi connectivity index (χ2v) is 7.51. The van der Waals surface area contributed by atoms with Crippen molar-refractivity contribution in [3.63, 3.8) is 0 Å². The third kappa shape index (κ3) is 4.17. The lowest BCUT2D eigenvalue weighted by atomic mass is 9.74. The molecule has 0 radical (unpaired) electrons. The Kier molecular flexibility index (Phi) is 5.27. The molecule has 0 bridgehead atoms. The van der Waals surface area contributed by atoms with Gasteiger partial charge in [-0.1, -0.05) is 13.8 Å². The molecule has 2 saturated heterocycles. The normalized spacial score (nSPS) is 30.2. The smallest absolute Gasteiger partial charge is 0.0220 e. The highest BCUT2D eigenvalue weighted by Gasteiger charge is 2.32. The van der Waals surface area contributed by atoms with Crippen molar-refractivity contribution in [2.45, 2.75) is 45.6 Å². The Hall–Kier alpha value is -0.120. The summed E-state index contributed by atoms with van der Waals surface area (Å²) in [4.78, 5) is 5.10. The first kappa shape index (κ1) is 15.3. The Bertz CT molecular complexity index is 271. The lowest BCUT2D eigenvalue weighted by Gasteiger charge is -2.40. The fraction of sp³-hybridized carbons (Fsp3) is 1.00. The number of nitrogens with zero attached hydrogens (tertiary/aromatic N) is 2. The Morgan fingerprint density at radius 3 is 2.63 bits per heavy atom. The third-order valence-corrected chi connectivity index (χ3v) is 5.27. The van der Waals surface area contributed by atoms with Crippen LogP contribution in [-0.4, -0.2) is 62.7 Å². The molecule has 0 saturated carbocycles. The topological polar surface area (TPSA) is 18.5 Å². The molecule has 0 spiro atoms. The van der Waals surface area contributed by atoms with E-state index in [1.165, 1.54) is 58.4 Å². The van der Waals surface area contributed by atoms with Gasteiger partial charge in [-0.2, -0.15) is 0 Å². The van der Waals surface area contributed by atoms with Crippen molar-refractivity contribution in [2.24, 2.45) is 11.3 Å². The van der Waals surface area contributed by atoms with E-state index in [0.29, 0.717) is 5.41 Å². The minimum Gasteiger partial charge on any atom is -0.316 e. The SMILES string of the molecule is CN(CC1CCCN1C)CC(C)(C)C1CCCNC1. The molecule has 1 N–H and O–H groups in total. The first-order valence-corrected chi connectivity index (χ1v) is 8.08. The average Bonchev–Trinajstić information content (AvgIpc) is 2.75. The van der Waals surface area contributed by atoms with Crippen LogP contribution in [0.4, 0.5) is 0 Å². The van der Waals surface area contributed by atoms with Crippen molar-refractivity contribution >= 4 is 0 Å². The minimum atomic E-state index is 0.430. The van der Waals surface area contributed by atoms with Crippen molar-refractivity contribution in [3.8, 4) is 0 Å². The van der Waals surface area contributed by atoms with E-state index < -0.39 is 0 Å². The largest absolute Gasteiger partial charge is 0.316 e. The van der Waals surface area contributed by atoms with Crippen molar-refractivity contribution in [1.29, 1.82) is 0 Å². The quantitative estimate of drug-likeness (QED) is 0.822. The number of likely N-dealkylation sites (tertiary alicyclic amines) is 1. The van der Waals surface area contributed by atoms with E-state index in [2.05, 4.69) is 43.1 Å². The van der Waals surface area contributed by atoms with Gasteiger partial charge in [-0.15, -0.1) is 0 Å². The number of hydrogen-bond donors (Lipinski definition) is 1. The molecular weight excluding hydrogens is 234 g/mol. The molecule has 0 aromatic heterocycles. The first-order chi connectivity index (χ1) is 8.99. The highest BCUT2D eigenvalue weighted by Crippen LogP contribution is 2.32. The molecule has 2 heterocycles. The van der Waals surface area contributed by atoms with Crippen LogP contribution in [0.5, 0.6) is 0 Å². The fourth-order valence-corrected chi connectivity index (χ4v) is 3.98. The van der Waals surface area contributed by atoms with E-state index in [0.717, 1.165) is 12.0 Å². The summed E-state index contributed by atoms with van der Waals surface area (Å²) in [5.41, 5.74) is 0.430. The number of rotatable bonds is 5. The van der Waals surface area contributed by atoms with Crippen LogP contribution in [0.15, 0.2) is 0 Å². The average molecular weight is 267 g/mol. The van der Waals surface area contributed by atoms with Gasteiger partial charge in [-0.05, 0) is 70.7 Å². The zero-order valence-corrected chi connectivity index (χ0v) is 13.4. The predicted octanol–water partition coefficient (Wildman–Crippen LogP) is 2.04. The molecule has 0 aromatic carbocycles. The van der Waals surface area contributed by atoms with Gasteiger partial charge in [0.2, 0.25) is 0 Å². The molecule has 3 nitrogen and oxygen atoms in total.